The Bertz CT molecular complexity index is 1900. The van der Waals surface area contributed by atoms with Gasteiger partial charge >= 0.3 is 0 Å². The predicted octanol–water partition coefficient (Wildman–Crippen LogP) is 4.84. The number of amides is 3. The van der Waals surface area contributed by atoms with Gasteiger partial charge in [0.25, 0.3) is 5.91 Å². The highest BCUT2D eigenvalue weighted by atomic mass is 16.5. The molecule has 0 aliphatic carbocycles. The van der Waals surface area contributed by atoms with Crippen LogP contribution in [-0.4, -0.2) is 70.0 Å². The van der Waals surface area contributed by atoms with E-state index in [1.165, 1.54) is 29.7 Å². The summed E-state index contributed by atoms with van der Waals surface area (Å²) in [5.74, 6) is -0.236. The number of anilines is 1. The van der Waals surface area contributed by atoms with E-state index in [4.69, 9.17) is 4.52 Å². The summed E-state index contributed by atoms with van der Waals surface area (Å²) in [6.45, 7) is 6.79. The van der Waals surface area contributed by atoms with E-state index in [0.29, 0.717) is 37.3 Å². The molecule has 254 valence electrons. The number of aliphatic hydroxyl groups is 1. The van der Waals surface area contributed by atoms with Crippen LogP contribution in [0.25, 0.3) is 11.0 Å². The first-order valence-corrected chi connectivity index (χ1v) is 17.6. The molecule has 3 fully saturated rings. The largest absolute Gasteiger partial charge is 0.385 e. The number of hydrogen-bond acceptors (Lipinski definition) is 8. The number of piperidine rings is 3. The molecule has 0 spiro atoms. The molecule has 10 heteroatoms. The molecule has 2 N–H and O–H groups in total. The van der Waals surface area contributed by atoms with Gasteiger partial charge in [0.15, 0.2) is 5.58 Å². The number of rotatable bonds is 7. The summed E-state index contributed by atoms with van der Waals surface area (Å²) in [4.78, 5) is 43.6. The molecule has 4 aliphatic rings. The highest BCUT2D eigenvalue weighted by Crippen LogP contribution is 2.37. The second-order valence-corrected chi connectivity index (χ2v) is 14.5. The van der Waals surface area contributed by atoms with Crippen molar-refractivity contribution in [2.24, 2.45) is 5.92 Å². The van der Waals surface area contributed by atoms with Crippen LogP contribution in [0.15, 0.2) is 65.2 Å². The van der Waals surface area contributed by atoms with Crippen molar-refractivity contribution in [1.82, 2.24) is 20.3 Å². The Morgan fingerprint density at radius 3 is 2.43 bits per heavy atom. The van der Waals surface area contributed by atoms with E-state index in [1.807, 2.05) is 19.1 Å². The van der Waals surface area contributed by atoms with Crippen molar-refractivity contribution in [3.05, 3.63) is 94.2 Å². The number of carbonyl (C=O) groups excluding carboxylic acids is 3. The summed E-state index contributed by atoms with van der Waals surface area (Å²) in [6, 6.07) is 20.4. The van der Waals surface area contributed by atoms with Crippen LogP contribution in [0.1, 0.15) is 76.8 Å². The standard InChI is InChI=1S/C39H43N5O5/c1-25-32-8-4-28(21-35(32)49-41-25)20-26-12-16-43(17-13-26)31-6-2-27(3-7-31)23-42-18-14-39(48,15-19-42)30-5-9-33-29(22-30)24-44(38(33)47)34-10-11-36(45)40-37(34)46/h2-9,21-22,26,34,48H,10-20,23-24H2,1H3,(H,40,45,46). The van der Waals surface area contributed by atoms with Gasteiger partial charge in [0.2, 0.25) is 11.8 Å². The number of fused-ring (bicyclic) bond motifs is 2. The Balaban J connectivity index is 0.823. The molecule has 1 aromatic heterocycles. The molecule has 0 radical (unpaired) electrons. The molecular weight excluding hydrogens is 618 g/mol. The molecular formula is C39H43N5O5. The number of nitrogens with zero attached hydrogens (tertiary/aromatic N) is 4. The molecule has 1 atom stereocenters. The second-order valence-electron chi connectivity index (χ2n) is 14.5. The maximum absolute atomic E-state index is 13.1. The molecule has 49 heavy (non-hydrogen) atoms. The number of hydrogen-bond donors (Lipinski definition) is 2. The van der Waals surface area contributed by atoms with Crippen molar-refractivity contribution in [3.8, 4) is 0 Å². The van der Waals surface area contributed by atoms with Crippen molar-refractivity contribution >= 4 is 34.4 Å². The predicted molar refractivity (Wildman–Crippen MR) is 185 cm³/mol. The smallest absolute Gasteiger partial charge is 0.255 e. The maximum Gasteiger partial charge on any atom is 0.255 e. The monoisotopic (exact) mass is 661 g/mol. The van der Waals surface area contributed by atoms with Crippen LogP contribution in [0.2, 0.25) is 0 Å². The van der Waals surface area contributed by atoms with Crippen LogP contribution in [0, 0.1) is 12.8 Å². The minimum absolute atomic E-state index is 0.193. The Morgan fingerprint density at radius 1 is 0.918 bits per heavy atom. The Morgan fingerprint density at radius 2 is 1.67 bits per heavy atom. The van der Waals surface area contributed by atoms with Crippen LogP contribution in [-0.2, 0) is 34.7 Å². The lowest BCUT2D eigenvalue weighted by molar-refractivity contribution is -0.136. The van der Waals surface area contributed by atoms with E-state index in [2.05, 4.69) is 62.7 Å². The number of aryl methyl sites for hydroxylation is 1. The summed E-state index contributed by atoms with van der Waals surface area (Å²) in [5.41, 5.74) is 6.95. The Hall–Kier alpha value is -4.54. The average Bonchev–Trinajstić information content (AvgIpc) is 3.64. The van der Waals surface area contributed by atoms with Crippen LogP contribution < -0.4 is 10.2 Å². The third-order valence-corrected chi connectivity index (χ3v) is 11.3. The number of likely N-dealkylation sites (tertiary alicyclic amines) is 1. The third kappa shape index (κ3) is 6.24. The van der Waals surface area contributed by atoms with E-state index >= 15 is 0 Å². The Labute approximate surface area is 286 Å². The fourth-order valence-electron chi connectivity index (χ4n) is 8.27. The SMILES string of the molecule is Cc1noc2cc(CC3CCN(c4ccc(CN5CCC(O)(c6ccc7c(c6)CN(C6CCC(=O)NC6=O)C7=O)CC5)cc4)CC3)ccc12. The van der Waals surface area contributed by atoms with Crippen molar-refractivity contribution in [1.29, 1.82) is 0 Å². The van der Waals surface area contributed by atoms with E-state index in [1.54, 1.807) is 11.0 Å². The zero-order valence-electron chi connectivity index (χ0n) is 28.0. The van der Waals surface area contributed by atoms with E-state index < -0.39 is 17.6 Å². The van der Waals surface area contributed by atoms with Crippen LogP contribution in [0.3, 0.4) is 0 Å². The lowest BCUT2D eigenvalue weighted by Gasteiger charge is -2.39. The summed E-state index contributed by atoms with van der Waals surface area (Å²) in [5, 5.41) is 19.2. The third-order valence-electron chi connectivity index (χ3n) is 11.3. The molecule has 0 bridgehead atoms. The summed E-state index contributed by atoms with van der Waals surface area (Å²) >= 11 is 0. The summed E-state index contributed by atoms with van der Waals surface area (Å²) in [7, 11) is 0. The first kappa shape index (κ1) is 31.7. The van der Waals surface area contributed by atoms with Crippen LogP contribution >= 0.6 is 0 Å². The van der Waals surface area contributed by atoms with E-state index in [9.17, 15) is 19.5 Å². The number of nitrogens with one attached hydrogen (secondary N) is 1. The Kier molecular flexibility index (Phi) is 8.24. The molecule has 8 rings (SSSR count). The lowest BCUT2D eigenvalue weighted by atomic mass is 9.83. The van der Waals surface area contributed by atoms with E-state index in [-0.39, 0.29) is 18.2 Å². The molecule has 3 saturated heterocycles. The lowest BCUT2D eigenvalue weighted by Crippen LogP contribution is -2.52. The molecule has 4 aromatic rings. The summed E-state index contributed by atoms with van der Waals surface area (Å²) in [6.07, 6.45) is 5.19. The summed E-state index contributed by atoms with van der Waals surface area (Å²) < 4.78 is 5.48. The van der Waals surface area contributed by atoms with Gasteiger partial charge in [0.05, 0.1) is 11.3 Å². The number of imide groups is 1. The zero-order chi connectivity index (χ0) is 33.7. The van der Waals surface area contributed by atoms with Crippen molar-refractivity contribution < 1.29 is 24.0 Å². The van der Waals surface area contributed by atoms with Gasteiger partial charge in [0, 0.05) is 62.3 Å². The van der Waals surface area contributed by atoms with Crippen LogP contribution in [0.4, 0.5) is 5.69 Å². The van der Waals surface area contributed by atoms with E-state index in [0.717, 1.165) is 66.9 Å². The number of benzene rings is 3. The minimum atomic E-state index is -0.964. The van der Waals surface area contributed by atoms with Crippen molar-refractivity contribution in [2.45, 2.75) is 76.6 Å². The normalized spacial score (nSPS) is 21.8. The molecule has 4 aliphatic heterocycles. The minimum Gasteiger partial charge on any atom is -0.385 e. The molecule has 1 unspecified atom stereocenters. The quantitative estimate of drug-likeness (QED) is 0.270. The fourth-order valence-corrected chi connectivity index (χ4v) is 8.27. The van der Waals surface area contributed by atoms with Crippen molar-refractivity contribution in [2.75, 3.05) is 31.1 Å². The first-order valence-electron chi connectivity index (χ1n) is 17.6. The first-order chi connectivity index (χ1) is 23.7. The zero-order valence-corrected chi connectivity index (χ0v) is 28.0. The van der Waals surface area contributed by atoms with Gasteiger partial charge < -0.3 is 19.4 Å². The van der Waals surface area contributed by atoms with Gasteiger partial charge in [-0.2, -0.15) is 0 Å². The molecule has 10 nitrogen and oxygen atoms in total. The van der Waals surface area contributed by atoms with Crippen molar-refractivity contribution in [3.63, 3.8) is 0 Å². The molecule has 3 amide bonds. The highest BCUT2D eigenvalue weighted by Gasteiger charge is 2.41. The molecule has 5 heterocycles. The van der Waals surface area contributed by atoms with Gasteiger partial charge in [-0.25, -0.2) is 0 Å². The topological polar surface area (TPSA) is 119 Å². The second kappa shape index (κ2) is 12.7. The van der Waals surface area contributed by atoms with Crippen LogP contribution in [0.5, 0.6) is 0 Å². The number of carbonyl (C=O) groups is 3. The maximum atomic E-state index is 13.1. The van der Waals surface area contributed by atoms with Gasteiger partial charge in [-0.3, -0.25) is 24.6 Å². The van der Waals surface area contributed by atoms with Gasteiger partial charge in [-0.15, -0.1) is 0 Å². The molecule has 0 saturated carbocycles. The highest BCUT2D eigenvalue weighted by molar-refractivity contribution is 6.05. The van der Waals surface area contributed by atoms with Gasteiger partial charge in [-0.05, 0) is 104 Å². The van der Waals surface area contributed by atoms with Gasteiger partial charge in [0.1, 0.15) is 6.04 Å². The van der Waals surface area contributed by atoms with Gasteiger partial charge in [-0.1, -0.05) is 35.5 Å². The fraction of sp³-hybridized carbons (Fsp3) is 0.436. The average molecular weight is 662 g/mol. The number of aromatic nitrogens is 1. The molecule has 3 aromatic carbocycles.